The van der Waals surface area contributed by atoms with Gasteiger partial charge in [0.2, 0.25) is 23.5 Å². The molecule has 26 nitrogen and oxygen atoms in total. The van der Waals surface area contributed by atoms with Gasteiger partial charge in [-0.05, 0) is 48.5 Å². The quantitative estimate of drug-likeness (QED) is 0.0234. The highest BCUT2D eigenvalue weighted by Gasteiger charge is 2.58. The molecule has 0 bridgehead atoms. The van der Waals surface area contributed by atoms with E-state index in [1.807, 2.05) is 0 Å². The number of benzene rings is 1. The van der Waals surface area contributed by atoms with Gasteiger partial charge in [-0.15, -0.1) is 0 Å². The van der Waals surface area contributed by atoms with Gasteiger partial charge in [0.15, 0.2) is 12.6 Å². The van der Waals surface area contributed by atoms with Crippen LogP contribution in [0.5, 0.6) is 0 Å². The number of hydrogen-bond donors (Lipinski definition) is 15. The molecule has 3 aliphatic heterocycles. The average Bonchev–Trinajstić information content (AvgIpc) is 1.11. The number of unbranched alkanes of at least 4 members (excludes halogenated alkanes) is 14. The van der Waals surface area contributed by atoms with Crippen LogP contribution in [0.25, 0.3) is 0 Å². The van der Waals surface area contributed by atoms with Crippen LogP contribution < -0.4 is 27.2 Å². The van der Waals surface area contributed by atoms with Gasteiger partial charge < -0.3 is 117 Å². The van der Waals surface area contributed by atoms with Crippen molar-refractivity contribution in [1.29, 1.82) is 0 Å². The van der Waals surface area contributed by atoms with E-state index in [2.05, 4.69) is 22.9 Å². The van der Waals surface area contributed by atoms with Crippen LogP contribution in [0.3, 0.4) is 0 Å². The number of carboxylic acid groups (broad SMARTS) is 1. The number of carbonyl (C=O) groups is 4. The lowest BCUT2D eigenvalue weighted by molar-refractivity contribution is -0.411. The summed E-state index contributed by atoms with van der Waals surface area (Å²) >= 11 is -0.349. The number of aliphatic carboxylic acids is 1. The molecule has 0 aliphatic carbocycles. The average molecular weight is 1240 g/mol. The summed E-state index contributed by atoms with van der Waals surface area (Å²) in [5.74, 6) is -7.69. The summed E-state index contributed by atoms with van der Waals surface area (Å²) in [7, 11) is 0. The molecule has 1 aromatic carbocycles. The third kappa shape index (κ3) is 23.4. The van der Waals surface area contributed by atoms with Gasteiger partial charge in [-0.3, -0.25) is 14.4 Å². The largest absolute Gasteiger partial charge is 0.544 e. The smallest absolute Gasteiger partial charge is 0.446 e. The highest BCUT2D eigenvalue weighted by Crippen LogP contribution is 2.39. The zero-order valence-corrected chi connectivity index (χ0v) is 48.4. The number of anilines is 1. The van der Waals surface area contributed by atoms with Crippen molar-refractivity contribution in [3.05, 3.63) is 36.4 Å². The number of carbonyl (C=O) groups excluding carboxylic acids is 4. The number of ether oxygens (including phenoxy) is 6. The first-order valence-electron chi connectivity index (χ1n) is 28.2. The van der Waals surface area contributed by atoms with E-state index in [1.54, 1.807) is 0 Å². The SMILES string of the molecule is CCCCCCCCCCCCCCCCCC(=O)N[C@@H](CO[C@@H]1O[C@H](CO)[C@@H](O[C@@H]2O[C@H](CO)[C@H](O)[C@H](O[C@]3(C(=O)[O-])C[C@H](O)C(NC(C)=O)C([C@H](O)[C@H](O)CO)O3)[C@H]2O)[C@H](O)[C@H]1O)[C@H](O)/C=C/C(=O)Nc1ccc(SC(F)(F)F)cc1.[NH4+]. The van der Waals surface area contributed by atoms with Crippen molar-refractivity contribution in [1.82, 2.24) is 16.8 Å². The molecule has 84 heavy (non-hydrogen) atoms. The lowest BCUT2D eigenvalue weighted by atomic mass is 9.88. The maximum Gasteiger partial charge on any atom is 0.446 e. The summed E-state index contributed by atoms with van der Waals surface area (Å²) in [6, 6.07) is 1.71. The Labute approximate surface area is 490 Å². The van der Waals surface area contributed by atoms with Gasteiger partial charge in [0, 0.05) is 36.4 Å². The molecule has 484 valence electrons. The molecular formula is C54H89F3N4O22S. The summed E-state index contributed by atoms with van der Waals surface area (Å²) in [6.45, 7) is -0.710. The summed E-state index contributed by atoms with van der Waals surface area (Å²) in [6.07, 6.45) is -13.2. The fourth-order valence-electron chi connectivity index (χ4n) is 9.88. The Balaban J connectivity index is 0.0000185. The number of amides is 3. The molecule has 0 radical (unpaired) electrons. The topological polar surface area (TPSA) is 442 Å². The van der Waals surface area contributed by atoms with Crippen molar-refractivity contribution in [3.8, 4) is 0 Å². The van der Waals surface area contributed by atoms with Crippen LogP contribution in [0, 0.1) is 0 Å². The predicted octanol–water partition coefficient (Wildman–Crippen LogP) is -0.244. The highest BCUT2D eigenvalue weighted by atomic mass is 32.2. The Morgan fingerprint density at radius 1 is 0.786 bits per heavy atom. The fraction of sp³-hybridized carbons (Fsp3) is 0.778. The van der Waals surface area contributed by atoms with Crippen molar-refractivity contribution >= 4 is 41.1 Å². The summed E-state index contributed by atoms with van der Waals surface area (Å²) in [5.41, 5.74) is -4.42. The van der Waals surface area contributed by atoms with Crippen molar-refractivity contribution in [2.75, 3.05) is 31.7 Å². The Hall–Kier alpha value is -3.74. The number of alkyl halides is 3. The van der Waals surface area contributed by atoms with Gasteiger partial charge in [0.25, 0.3) is 0 Å². The Morgan fingerprint density at radius 2 is 1.35 bits per heavy atom. The third-order valence-electron chi connectivity index (χ3n) is 14.4. The minimum Gasteiger partial charge on any atom is -0.544 e. The Morgan fingerprint density at radius 3 is 1.87 bits per heavy atom. The van der Waals surface area contributed by atoms with Gasteiger partial charge in [-0.25, -0.2) is 0 Å². The number of rotatable bonds is 36. The maximum atomic E-state index is 13.3. The van der Waals surface area contributed by atoms with Crippen LogP contribution >= 0.6 is 11.8 Å². The van der Waals surface area contributed by atoms with Crippen LogP contribution in [-0.2, 0) is 47.6 Å². The van der Waals surface area contributed by atoms with Crippen molar-refractivity contribution < 1.29 is 122 Å². The van der Waals surface area contributed by atoms with E-state index in [-0.39, 0.29) is 34.9 Å². The summed E-state index contributed by atoms with van der Waals surface area (Å²) in [5, 5.41) is 139. The van der Waals surface area contributed by atoms with E-state index in [4.69, 9.17) is 28.4 Å². The van der Waals surface area contributed by atoms with Gasteiger partial charge in [0.1, 0.15) is 73.1 Å². The van der Waals surface area contributed by atoms with E-state index in [0.717, 1.165) is 63.3 Å². The van der Waals surface area contributed by atoms with Crippen LogP contribution in [0.4, 0.5) is 18.9 Å². The molecular weight excluding hydrogens is 1150 g/mol. The maximum absolute atomic E-state index is 13.3. The van der Waals surface area contributed by atoms with Crippen molar-refractivity contribution in [3.63, 3.8) is 0 Å². The van der Waals surface area contributed by atoms with Crippen LogP contribution in [0.15, 0.2) is 41.3 Å². The molecule has 4 rings (SSSR count). The molecule has 3 fully saturated rings. The minimum atomic E-state index is -4.54. The number of halogens is 3. The number of aliphatic hydroxyl groups is 11. The zero-order chi connectivity index (χ0) is 61.4. The van der Waals surface area contributed by atoms with Crippen LogP contribution in [0.1, 0.15) is 123 Å². The second kappa shape index (κ2) is 37.2. The lowest BCUT2D eigenvalue weighted by Crippen LogP contribution is -2.72. The number of hydrogen-bond acceptors (Lipinski definition) is 23. The van der Waals surface area contributed by atoms with E-state index >= 15 is 0 Å². The van der Waals surface area contributed by atoms with Gasteiger partial charge >= 0.3 is 5.51 Å². The normalized spacial score (nSPS) is 29.7. The van der Waals surface area contributed by atoms with E-state index in [9.17, 15) is 93.6 Å². The molecule has 0 aromatic heterocycles. The number of quaternary nitrogens is 1. The molecule has 30 heteroatoms. The molecule has 3 amide bonds. The molecule has 2 unspecified atom stereocenters. The zero-order valence-electron chi connectivity index (χ0n) is 47.6. The monoisotopic (exact) mass is 1230 g/mol. The van der Waals surface area contributed by atoms with E-state index < -0.39 is 172 Å². The Kier molecular flexibility index (Phi) is 33.0. The second-order valence-corrected chi connectivity index (χ2v) is 22.2. The first kappa shape index (κ1) is 74.5. The molecule has 3 aliphatic rings. The molecule has 0 spiro atoms. The molecule has 3 heterocycles. The number of nitrogens with one attached hydrogen (secondary N) is 3. The predicted molar refractivity (Wildman–Crippen MR) is 291 cm³/mol. The van der Waals surface area contributed by atoms with Gasteiger partial charge in [0.05, 0.1) is 50.7 Å². The van der Waals surface area contributed by atoms with Crippen LogP contribution in [-0.4, -0.2) is 222 Å². The van der Waals surface area contributed by atoms with Crippen molar-refractivity contribution in [2.24, 2.45) is 0 Å². The molecule has 3 saturated heterocycles. The van der Waals surface area contributed by atoms with Crippen molar-refractivity contribution in [2.45, 2.75) is 243 Å². The molecule has 18 N–H and O–H groups in total. The number of carboxylic acids is 1. The standard InChI is InChI=1S/C54H86F3N3O22S.H3N/c1-3-4-5-6-7-8-9-10-11-12-13-14-15-16-17-18-39(68)60-33(34(65)23-24-40(69)59-31-19-21-32(22-20-31)83-54(55,56)57)29-77-50-45(73)44(72)47(38(28-63)79-50)80-51-46(74)49(43(71)37(27-62)78-51)82-53(52(75)76)25-35(66)41(58-30(2)64)48(81-53)42(70)36(67)26-61;/h19-24,33-38,41-51,61-63,65-67,70-74H,3-18,25-29H2,1-2H3,(H,58,64)(H,59,69)(H,60,68)(H,75,76);1H3/b24-23+;/t33-,34+,35-,36+,37+,38+,41?,42+,43-,44+,45+,46+,47+,48?,49-,50+,51-,53-;/m0./s1. The molecule has 18 atom stereocenters. The minimum absolute atomic E-state index is 0. The van der Waals surface area contributed by atoms with Gasteiger partial charge in [-0.1, -0.05) is 96.8 Å². The third-order valence-corrected chi connectivity index (χ3v) is 15.2. The lowest BCUT2D eigenvalue weighted by Gasteiger charge is -2.52. The Bertz CT molecular complexity index is 2130. The van der Waals surface area contributed by atoms with Gasteiger partial charge in [-0.2, -0.15) is 13.2 Å². The van der Waals surface area contributed by atoms with Crippen LogP contribution in [0.2, 0.25) is 0 Å². The fourth-order valence-corrected chi connectivity index (χ4v) is 10.4. The highest BCUT2D eigenvalue weighted by molar-refractivity contribution is 8.00. The first-order valence-corrected chi connectivity index (χ1v) is 29.0. The summed E-state index contributed by atoms with van der Waals surface area (Å²) < 4.78 is 72.5. The number of thioether (sulfide) groups is 1. The van der Waals surface area contributed by atoms with E-state index in [0.29, 0.717) is 6.42 Å². The van der Waals surface area contributed by atoms with E-state index in [1.165, 1.54) is 69.9 Å². The molecule has 0 saturated carbocycles. The first-order chi connectivity index (χ1) is 39.4. The second-order valence-electron chi connectivity index (χ2n) is 21.1. The number of aliphatic hydroxyl groups excluding tert-OH is 11. The summed E-state index contributed by atoms with van der Waals surface area (Å²) in [4.78, 5) is 50.9. The molecule has 1 aromatic rings.